The van der Waals surface area contributed by atoms with E-state index in [9.17, 15) is 20.1 Å². The third-order valence-corrected chi connectivity index (χ3v) is 3.18. The monoisotopic (exact) mass is 293 g/mol. The number of aliphatic hydroxyl groups is 3. The molecule has 112 valence electrons. The van der Waals surface area contributed by atoms with Gasteiger partial charge in [0.25, 0.3) is 0 Å². The number of nitrogens with zero attached hydrogens (tertiary/aromatic N) is 2. The zero-order valence-corrected chi connectivity index (χ0v) is 11.0. The van der Waals surface area contributed by atoms with Crippen molar-refractivity contribution in [1.29, 1.82) is 0 Å². The lowest BCUT2D eigenvalue weighted by atomic mass is 10.0. The first-order valence-corrected chi connectivity index (χ1v) is 6.14. The first kappa shape index (κ1) is 15.1. The molecular weight excluding hydrogens is 278 g/mol. The van der Waals surface area contributed by atoms with Gasteiger partial charge in [-0.3, -0.25) is 0 Å². The van der Waals surface area contributed by atoms with Crippen molar-refractivity contribution in [2.24, 2.45) is 0 Å². The Morgan fingerprint density at radius 1 is 1.14 bits per heavy atom. The number of carboxylic acid groups (broad SMARTS) is 1. The quantitative estimate of drug-likeness (QED) is 0.479. The smallest absolute Gasteiger partial charge is 0.335 e. The molecule has 5 N–H and O–H groups in total. The van der Waals surface area contributed by atoms with Crippen molar-refractivity contribution in [3.05, 3.63) is 30.1 Å². The van der Waals surface area contributed by atoms with Crippen LogP contribution >= 0.6 is 0 Å². The van der Waals surface area contributed by atoms with Crippen molar-refractivity contribution in [1.82, 2.24) is 9.97 Å². The number of anilines is 1. The molecule has 8 nitrogen and oxygen atoms in total. The van der Waals surface area contributed by atoms with Gasteiger partial charge in [-0.05, 0) is 18.2 Å². The Hall–Kier alpha value is -2.29. The summed E-state index contributed by atoms with van der Waals surface area (Å²) in [6.45, 7) is -1.50. The molecule has 1 aromatic carbocycles. The number of fused-ring (bicyclic) bond motifs is 1. The van der Waals surface area contributed by atoms with Gasteiger partial charge < -0.3 is 25.7 Å². The van der Waals surface area contributed by atoms with E-state index in [-0.39, 0.29) is 11.4 Å². The second-order valence-corrected chi connectivity index (χ2v) is 4.64. The van der Waals surface area contributed by atoms with E-state index in [0.29, 0.717) is 10.9 Å². The van der Waals surface area contributed by atoms with Crippen LogP contribution in [0.15, 0.2) is 24.5 Å². The molecule has 0 saturated heterocycles. The number of aromatic nitrogens is 2. The molecule has 0 radical (unpaired) electrons. The van der Waals surface area contributed by atoms with Gasteiger partial charge in [0, 0.05) is 5.39 Å². The Bertz CT molecular complexity index is 649. The molecule has 21 heavy (non-hydrogen) atoms. The van der Waals surface area contributed by atoms with Crippen LogP contribution in [-0.2, 0) is 0 Å². The minimum absolute atomic E-state index is 0.0879. The van der Waals surface area contributed by atoms with E-state index in [4.69, 9.17) is 5.11 Å². The fraction of sp³-hybridized carbons (Fsp3) is 0.308. The summed E-state index contributed by atoms with van der Waals surface area (Å²) in [6, 6.07) is 4.32. The Morgan fingerprint density at radius 2 is 1.81 bits per heavy atom. The summed E-state index contributed by atoms with van der Waals surface area (Å²) < 4.78 is 0. The highest BCUT2D eigenvalue weighted by molar-refractivity contribution is 5.96. The first-order chi connectivity index (χ1) is 10.0. The van der Waals surface area contributed by atoms with Crippen LogP contribution in [0.25, 0.3) is 10.9 Å². The van der Waals surface area contributed by atoms with Gasteiger partial charge in [-0.2, -0.15) is 0 Å². The highest BCUT2D eigenvalue weighted by atomic mass is 16.4. The molecule has 0 unspecified atom stereocenters. The van der Waals surface area contributed by atoms with E-state index in [1.165, 1.54) is 24.5 Å². The van der Waals surface area contributed by atoms with Crippen molar-refractivity contribution < 1.29 is 25.2 Å². The van der Waals surface area contributed by atoms with Gasteiger partial charge in [0.15, 0.2) is 0 Å². The SMILES string of the molecule is O=C(O)c1ccc2c(NC(CO)(CO)CO)ncnc2c1. The molecule has 0 aliphatic carbocycles. The van der Waals surface area contributed by atoms with Gasteiger partial charge in [-0.25, -0.2) is 14.8 Å². The average molecular weight is 293 g/mol. The van der Waals surface area contributed by atoms with Gasteiger partial charge in [0.1, 0.15) is 17.7 Å². The van der Waals surface area contributed by atoms with E-state index in [1.807, 2.05) is 0 Å². The average Bonchev–Trinajstić information content (AvgIpc) is 2.52. The van der Waals surface area contributed by atoms with Crippen LogP contribution in [0.3, 0.4) is 0 Å². The topological polar surface area (TPSA) is 136 Å². The van der Waals surface area contributed by atoms with Crippen LogP contribution < -0.4 is 5.32 Å². The minimum atomic E-state index is -1.33. The standard InChI is InChI=1S/C13H15N3O5/c17-4-13(5-18,6-19)16-11-9-2-1-8(12(20)21)3-10(9)14-7-15-11/h1-3,7,17-19H,4-6H2,(H,20,21)(H,14,15,16). The van der Waals surface area contributed by atoms with Crippen LogP contribution in [-0.4, -0.2) is 61.7 Å². The molecule has 0 aliphatic rings. The summed E-state index contributed by atoms with van der Waals surface area (Å²) >= 11 is 0. The summed E-state index contributed by atoms with van der Waals surface area (Å²) in [5.74, 6) is -0.783. The number of rotatable bonds is 6. The third-order valence-electron chi connectivity index (χ3n) is 3.18. The maximum atomic E-state index is 10.9. The van der Waals surface area contributed by atoms with Crippen molar-refractivity contribution in [2.75, 3.05) is 25.1 Å². The molecule has 0 atom stereocenters. The van der Waals surface area contributed by atoms with Crippen LogP contribution in [0.2, 0.25) is 0 Å². The Morgan fingerprint density at radius 3 is 2.38 bits per heavy atom. The predicted molar refractivity (Wildman–Crippen MR) is 74.1 cm³/mol. The first-order valence-electron chi connectivity index (χ1n) is 6.14. The number of carboxylic acids is 1. The molecule has 2 rings (SSSR count). The fourth-order valence-corrected chi connectivity index (χ4v) is 1.81. The largest absolute Gasteiger partial charge is 0.478 e. The minimum Gasteiger partial charge on any atom is -0.478 e. The molecule has 0 fully saturated rings. The third kappa shape index (κ3) is 2.92. The molecule has 1 aromatic heterocycles. The number of hydrogen-bond donors (Lipinski definition) is 5. The van der Waals surface area contributed by atoms with Gasteiger partial charge >= 0.3 is 5.97 Å². The lowest BCUT2D eigenvalue weighted by Gasteiger charge is -2.29. The number of nitrogens with one attached hydrogen (secondary N) is 1. The predicted octanol–water partition coefficient (Wildman–Crippen LogP) is -0.544. The molecule has 0 saturated carbocycles. The van der Waals surface area contributed by atoms with Gasteiger partial charge in [-0.1, -0.05) is 0 Å². The van der Waals surface area contributed by atoms with Crippen LogP contribution in [0.1, 0.15) is 10.4 Å². The molecule has 0 spiro atoms. The van der Waals surface area contributed by atoms with Crippen molar-refractivity contribution in [2.45, 2.75) is 5.54 Å². The normalized spacial score (nSPS) is 11.6. The van der Waals surface area contributed by atoms with Crippen LogP contribution in [0, 0.1) is 0 Å². The molecule has 2 aromatic rings. The zero-order valence-electron chi connectivity index (χ0n) is 11.0. The lowest BCUT2D eigenvalue weighted by Crippen LogP contribution is -2.49. The Kier molecular flexibility index (Phi) is 4.32. The molecule has 8 heteroatoms. The summed E-state index contributed by atoms with van der Waals surface area (Å²) in [7, 11) is 0. The molecular formula is C13H15N3O5. The Balaban J connectivity index is 2.48. The van der Waals surface area contributed by atoms with E-state index in [1.54, 1.807) is 0 Å². The fourth-order valence-electron chi connectivity index (χ4n) is 1.81. The van der Waals surface area contributed by atoms with E-state index in [2.05, 4.69) is 15.3 Å². The van der Waals surface area contributed by atoms with Gasteiger partial charge in [-0.15, -0.1) is 0 Å². The van der Waals surface area contributed by atoms with E-state index >= 15 is 0 Å². The number of aliphatic hydroxyl groups excluding tert-OH is 3. The lowest BCUT2D eigenvalue weighted by molar-refractivity contribution is 0.0697. The zero-order chi connectivity index (χ0) is 15.5. The summed E-state index contributed by atoms with van der Waals surface area (Å²) in [5.41, 5.74) is -0.841. The van der Waals surface area contributed by atoms with E-state index in [0.717, 1.165) is 0 Å². The summed E-state index contributed by atoms with van der Waals surface area (Å²) in [4.78, 5) is 18.9. The molecule has 0 aliphatic heterocycles. The Labute approximate surface area is 119 Å². The number of hydrogen-bond acceptors (Lipinski definition) is 7. The number of benzene rings is 1. The second-order valence-electron chi connectivity index (χ2n) is 4.64. The van der Waals surface area contributed by atoms with Crippen molar-refractivity contribution in [3.8, 4) is 0 Å². The molecule has 1 heterocycles. The summed E-state index contributed by atoms with van der Waals surface area (Å²) in [6.07, 6.45) is 1.23. The van der Waals surface area contributed by atoms with Gasteiger partial charge in [0.05, 0.1) is 30.9 Å². The molecule has 0 amide bonds. The maximum absolute atomic E-state index is 10.9. The second kappa shape index (κ2) is 6.00. The molecule has 0 bridgehead atoms. The van der Waals surface area contributed by atoms with Crippen LogP contribution in [0.5, 0.6) is 0 Å². The highest BCUT2D eigenvalue weighted by Gasteiger charge is 2.29. The summed E-state index contributed by atoms with van der Waals surface area (Å²) in [5, 5.41) is 40.2. The van der Waals surface area contributed by atoms with Crippen molar-refractivity contribution in [3.63, 3.8) is 0 Å². The van der Waals surface area contributed by atoms with Crippen molar-refractivity contribution >= 4 is 22.7 Å². The number of aromatic carboxylic acids is 1. The number of carbonyl (C=O) groups is 1. The van der Waals surface area contributed by atoms with E-state index < -0.39 is 31.3 Å². The van der Waals surface area contributed by atoms with Crippen LogP contribution in [0.4, 0.5) is 5.82 Å². The maximum Gasteiger partial charge on any atom is 0.335 e. The van der Waals surface area contributed by atoms with Gasteiger partial charge in [0.2, 0.25) is 0 Å². The highest BCUT2D eigenvalue weighted by Crippen LogP contribution is 2.23.